The third-order valence-corrected chi connectivity index (χ3v) is 2.76. The number of hydrogen-bond donors (Lipinski definition) is 1. The van der Waals surface area contributed by atoms with Crippen molar-refractivity contribution in [3.8, 4) is 0 Å². The predicted molar refractivity (Wildman–Crippen MR) is 72.5 cm³/mol. The third-order valence-electron chi connectivity index (χ3n) is 2.51. The number of anilines is 1. The number of rotatable bonds is 3. The number of nitrogens with one attached hydrogen (secondary N) is 1. The van der Waals surface area contributed by atoms with Crippen LogP contribution in [0.1, 0.15) is 10.4 Å². The van der Waals surface area contributed by atoms with Gasteiger partial charge >= 0.3 is 5.69 Å². The number of halogens is 2. The van der Waals surface area contributed by atoms with Crippen molar-refractivity contribution in [2.24, 2.45) is 0 Å². The molecule has 0 aliphatic rings. The number of nitro groups is 1. The number of carbonyl (C=O) groups is 1. The summed E-state index contributed by atoms with van der Waals surface area (Å²) in [4.78, 5) is 21.6. The molecule has 0 spiro atoms. The first-order valence-electron chi connectivity index (χ1n) is 5.48. The monoisotopic (exact) mass is 294 g/mol. The van der Waals surface area contributed by atoms with Crippen LogP contribution in [0.4, 0.5) is 15.8 Å². The second-order valence-corrected chi connectivity index (χ2v) is 4.32. The average Bonchev–Trinajstić information content (AvgIpc) is 2.41. The van der Waals surface area contributed by atoms with E-state index in [1.807, 2.05) is 0 Å². The van der Waals surface area contributed by atoms with Gasteiger partial charge in [-0.15, -0.1) is 0 Å². The highest BCUT2D eigenvalue weighted by Gasteiger charge is 2.17. The molecule has 0 fully saturated rings. The molecule has 0 bridgehead atoms. The van der Waals surface area contributed by atoms with Gasteiger partial charge in [-0.1, -0.05) is 11.6 Å². The molecule has 0 unspecified atom stereocenters. The molecule has 0 aliphatic carbocycles. The Labute approximate surface area is 118 Å². The molecule has 0 saturated carbocycles. The summed E-state index contributed by atoms with van der Waals surface area (Å²) in [6, 6.07) is 9.29. The van der Waals surface area contributed by atoms with E-state index in [0.717, 1.165) is 12.1 Å². The molecule has 0 atom stereocenters. The number of nitro benzene ring substituents is 1. The SMILES string of the molecule is O=C(Nc1ccc(Cl)cc1)c1ccc(F)c([N+](=O)[O-])c1. The summed E-state index contributed by atoms with van der Waals surface area (Å²) in [6.45, 7) is 0. The smallest absolute Gasteiger partial charge is 0.305 e. The van der Waals surface area contributed by atoms with Crippen molar-refractivity contribution in [1.29, 1.82) is 0 Å². The number of amides is 1. The minimum Gasteiger partial charge on any atom is -0.322 e. The van der Waals surface area contributed by atoms with Crippen molar-refractivity contribution < 1.29 is 14.1 Å². The highest BCUT2D eigenvalue weighted by Crippen LogP contribution is 2.20. The summed E-state index contributed by atoms with van der Waals surface area (Å²) in [5.41, 5.74) is -0.270. The van der Waals surface area contributed by atoms with Crippen molar-refractivity contribution in [3.63, 3.8) is 0 Å². The van der Waals surface area contributed by atoms with Crippen LogP contribution in [0.15, 0.2) is 42.5 Å². The Balaban J connectivity index is 2.23. The minimum absolute atomic E-state index is 0.00644. The second-order valence-electron chi connectivity index (χ2n) is 3.88. The molecule has 0 heterocycles. The van der Waals surface area contributed by atoms with Crippen molar-refractivity contribution in [3.05, 3.63) is 69.0 Å². The van der Waals surface area contributed by atoms with Gasteiger partial charge in [0.25, 0.3) is 5.91 Å². The zero-order chi connectivity index (χ0) is 14.7. The molecule has 2 aromatic carbocycles. The van der Waals surface area contributed by atoms with Crippen LogP contribution >= 0.6 is 11.6 Å². The molecule has 0 saturated heterocycles. The lowest BCUT2D eigenvalue weighted by Crippen LogP contribution is -2.12. The van der Waals surface area contributed by atoms with Crippen molar-refractivity contribution in [2.75, 3.05) is 5.32 Å². The molecule has 2 rings (SSSR count). The van der Waals surface area contributed by atoms with E-state index in [2.05, 4.69) is 5.32 Å². The van der Waals surface area contributed by atoms with Gasteiger partial charge in [0.2, 0.25) is 5.82 Å². The molecule has 1 amide bonds. The van der Waals surface area contributed by atoms with E-state index in [0.29, 0.717) is 10.7 Å². The predicted octanol–water partition coefficient (Wildman–Crippen LogP) is 3.64. The van der Waals surface area contributed by atoms with E-state index < -0.39 is 22.3 Å². The maximum atomic E-state index is 13.2. The average molecular weight is 295 g/mol. The van der Waals surface area contributed by atoms with Gasteiger partial charge in [0.15, 0.2) is 0 Å². The highest BCUT2D eigenvalue weighted by atomic mass is 35.5. The van der Waals surface area contributed by atoms with Crippen LogP contribution < -0.4 is 5.32 Å². The molecule has 1 N–H and O–H groups in total. The Morgan fingerprint density at radius 2 is 1.85 bits per heavy atom. The van der Waals surface area contributed by atoms with Crippen LogP contribution in [0.2, 0.25) is 5.02 Å². The van der Waals surface area contributed by atoms with E-state index in [9.17, 15) is 19.3 Å². The van der Waals surface area contributed by atoms with Gasteiger partial charge in [0, 0.05) is 22.3 Å². The Morgan fingerprint density at radius 3 is 2.45 bits per heavy atom. The van der Waals surface area contributed by atoms with E-state index in [-0.39, 0.29) is 5.56 Å². The van der Waals surface area contributed by atoms with Crippen molar-refractivity contribution in [1.82, 2.24) is 0 Å². The first-order chi connectivity index (χ1) is 9.47. The molecule has 7 heteroatoms. The van der Waals surface area contributed by atoms with Crippen LogP contribution in [-0.2, 0) is 0 Å². The lowest BCUT2D eigenvalue weighted by molar-refractivity contribution is -0.387. The van der Waals surface area contributed by atoms with Crippen molar-refractivity contribution >= 4 is 28.9 Å². The number of carbonyl (C=O) groups excluding carboxylic acids is 1. The fourth-order valence-corrected chi connectivity index (χ4v) is 1.66. The van der Waals surface area contributed by atoms with Crippen LogP contribution in [0, 0.1) is 15.9 Å². The zero-order valence-electron chi connectivity index (χ0n) is 9.97. The van der Waals surface area contributed by atoms with E-state index in [1.54, 1.807) is 24.3 Å². The van der Waals surface area contributed by atoms with Gasteiger partial charge in [-0.05, 0) is 36.4 Å². The van der Waals surface area contributed by atoms with Crippen LogP contribution in [0.25, 0.3) is 0 Å². The topological polar surface area (TPSA) is 72.2 Å². The molecular formula is C13H8ClFN2O3. The second kappa shape index (κ2) is 5.66. The number of nitrogens with zero attached hydrogens (tertiary/aromatic N) is 1. The Morgan fingerprint density at radius 1 is 1.20 bits per heavy atom. The lowest BCUT2D eigenvalue weighted by Gasteiger charge is -2.05. The normalized spacial score (nSPS) is 10.1. The summed E-state index contributed by atoms with van der Waals surface area (Å²) in [7, 11) is 0. The van der Waals surface area contributed by atoms with Gasteiger partial charge in [-0.2, -0.15) is 4.39 Å². The molecule has 0 aliphatic heterocycles. The van der Waals surface area contributed by atoms with E-state index in [4.69, 9.17) is 11.6 Å². The van der Waals surface area contributed by atoms with E-state index >= 15 is 0 Å². The molecule has 102 valence electrons. The summed E-state index contributed by atoms with van der Waals surface area (Å²) >= 11 is 5.71. The third kappa shape index (κ3) is 3.10. The van der Waals surface area contributed by atoms with E-state index in [1.165, 1.54) is 6.07 Å². The van der Waals surface area contributed by atoms with Gasteiger partial charge in [0.1, 0.15) is 0 Å². The summed E-state index contributed by atoms with van der Waals surface area (Å²) in [5, 5.41) is 13.7. The van der Waals surface area contributed by atoms with Gasteiger partial charge in [-0.25, -0.2) is 0 Å². The van der Waals surface area contributed by atoms with Crippen LogP contribution in [0.5, 0.6) is 0 Å². The maximum absolute atomic E-state index is 13.2. The fraction of sp³-hybridized carbons (Fsp3) is 0. The molecular weight excluding hydrogens is 287 g/mol. The van der Waals surface area contributed by atoms with Gasteiger partial charge < -0.3 is 5.32 Å². The van der Waals surface area contributed by atoms with Crippen molar-refractivity contribution in [2.45, 2.75) is 0 Å². The molecule has 0 aromatic heterocycles. The summed E-state index contributed by atoms with van der Waals surface area (Å²) in [5.74, 6) is -1.56. The number of benzene rings is 2. The summed E-state index contributed by atoms with van der Waals surface area (Å²) in [6.07, 6.45) is 0. The Bertz CT molecular complexity index is 674. The largest absolute Gasteiger partial charge is 0.322 e. The minimum atomic E-state index is -0.988. The van der Waals surface area contributed by atoms with Crippen LogP contribution in [-0.4, -0.2) is 10.8 Å². The maximum Gasteiger partial charge on any atom is 0.305 e. The fourth-order valence-electron chi connectivity index (χ4n) is 1.53. The van der Waals surface area contributed by atoms with Gasteiger partial charge in [-0.3, -0.25) is 14.9 Å². The Hall–Kier alpha value is -2.47. The zero-order valence-corrected chi connectivity index (χ0v) is 10.7. The summed E-state index contributed by atoms with van der Waals surface area (Å²) < 4.78 is 13.2. The molecule has 2 aromatic rings. The highest BCUT2D eigenvalue weighted by molar-refractivity contribution is 6.30. The molecule has 20 heavy (non-hydrogen) atoms. The Kier molecular flexibility index (Phi) is 3.95. The molecule has 5 nitrogen and oxygen atoms in total. The lowest BCUT2D eigenvalue weighted by atomic mass is 10.1. The molecule has 0 radical (unpaired) electrons. The number of hydrogen-bond acceptors (Lipinski definition) is 3. The first-order valence-corrected chi connectivity index (χ1v) is 5.86. The standard InChI is InChI=1S/C13H8ClFN2O3/c14-9-2-4-10(5-3-9)16-13(18)8-1-6-11(15)12(7-8)17(19)20/h1-7H,(H,16,18). The van der Waals surface area contributed by atoms with Crippen LogP contribution in [0.3, 0.4) is 0 Å². The first kappa shape index (κ1) is 14.0. The quantitative estimate of drug-likeness (QED) is 0.694. The van der Waals surface area contributed by atoms with Gasteiger partial charge in [0.05, 0.1) is 4.92 Å².